The van der Waals surface area contributed by atoms with E-state index in [-0.39, 0.29) is 11.9 Å². The Morgan fingerprint density at radius 1 is 1.16 bits per heavy atom. The first-order chi connectivity index (χ1) is 14.9. The summed E-state index contributed by atoms with van der Waals surface area (Å²) in [5.41, 5.74) is 3.36. The number of hydrogen-bond donors (Lipinski definition) is 2. The first-order valence-electron chi connectivity index (χ1n) is 10.6. The van der Waals surface area contributed by atoms with Crippen LogP contribution in [-0.4, -0.2) is 63.9 Å². The highest BCUT2D eigenvalue weighted by molar-refractivity contribution is 5.98. The molecule has 0 spiro atoms. The van der Waals surface area contributed by atoms with Gasteiger partial charge < -0.3 is 20.4 Å². The molecule has 1 aliphatic heterocycles. The highest BCUT2D eigenvalue weighted by Gasteiger charge is 2.34. The topological polar surface area (TPSA) is 86.3 Å². The van der Waals surface area contributed by atoms with Crippen molar-refractivity contribution < 1.29 is 4.79 Å². The summed E-state index contributed by atoms with van der Waals surface area (Å²) in [6.45, 7) is 6.65. The van der Waals surface area contributed by atoms with Gasteiger partial charge >= 0.3 is 0 Å². The van der Waals surface area contributed by atoms with Gasteiger partial charge in [0, 0.05) is 42.8 Å². The number of nitrogens with one attached hydrogen (secondary N) is 2. The van der Waals surface area contributed by atoms with Crippen molar-refractivity contribution in [3.05, 3.63) is 53.3 Å². The Kier molecular flexibility index (Phi) is 5.99. The molecule has 1 amide bonds. The van der Waals surface area contributed by atoms with E-state index in [0.29, 0.717) is 37.1 Å². The minimum Gasteiger partial charge on any atom is -0.365 e. The fourth-order valence-electron chi connectivity index (χ4n) is 3.62. The molecule has 8 nitrogen and oxygen atoms in total. The molecule has 8 heteroatoms. The summed E-state index contributed by atoms with van der Waals surface area (Å²) in [7, 11) is 4.03. The van der Waals surface area contributed by atoms with Gasteiger partial charge in [0.15, 0.2) is 0 Å². The predicted molar refractivity (Wildman–Crippen MR) is 123 cm³/mol. The molecule has 1 aliphatic rings. The van der Waals surface area contributed by atoms with Gasteiger partial charge in [0.05, 0.1) is 12.1 Å². The zero-order valence-corrected chi connectivity index (χ0v) is 18.5. The number of benzene rings is 1. The molecule has 0 bridgehead atoms. The standard InChI is InChI=1S/C23H29N7O/c1-15(2)30-14-18-20(22(30)31)27-23(24-9-10-29(3)4)28-21(18)26-13-16-11-17-7-5-6-8-19(17)25-12-16/h5-8,11-12,15H,9-10,13-14H2,1-4H3,(H2,24,26,27,28). The number of likely N-dealkylation sites (N-methyl/N-ethyl adjacent to an activating group) is 1. The van der Waals surface area contributed by atoms with E-state index in [1.54, 1.807) is 0 Å². The monoisotopic (exact) mass is 419 g/mol. The Morgan fingerprint density at radius 3 is 2.74 bits per heavy atom. The van der Waals surface area contributed by atoms with Crippen molar-refractivity contribution in [1.29, 1.82) is 0 Å². The molecule has 3 aromatic rings. The molecule has 0 fully saturated rings. The largest absolute Gasteiger partial charge is 0.365 e. The average molecular weight is 420 g/mol. The van der Waals surface area contributed by atoms with Crippen LogP contribution in [0.4, 0.5) is 11.8 Å². The van der Waals surface area contributed by atoms with Crippen LogP contribution in [0.2, 0.25) is 0 Å². The van der Waals surface area contributed by atoms with E-state index in [1.807, 2.05) is 57.2 Å². The quantitative estimate of drug-likeness (QED) is 0.580. The van der Waals surface area contributed by atoms with Crippen molar-refractivity contribution in [2.75, 3.05) is 37.8 Å². The lowest BCUT2D eigenvalue weighted by Gasteiger charge is -2.19. The second-order valence-corrected chi connectivity index (χ2v) is 8.37. The molecule has 2 aromatic heterocycles. The summed E-state index contributed by atoms with van der Waals surface area (Å²) in [6.07, 6.45) is 1.87. The number of para-hydroxylation sites is 1. The van der Waals surface area contributed by atoms with Crippen LogP contribution in [0.5, 0.6) is 0 Å². The van der Waals surface area contributed by atoms with Crippen molar-refractivity contribution in [2.24, 2.45) is 0 Å². The first kappa shape index (κ1) is 21.0. The highest BCUT2D eigenvalue weighted by atomic mass is 16.2. The zero-order chi connectivity index (χ0) is 22.0. The second kappa shape index (κ2) is 8.85. The lowest BCUT2D eigenvalue weighted by atomic mass is 10.1. The first-order valence-corrected chi connectivity index (χ1v) is 10.6. The number of fused-ring (bicyclic) bond motifs is 2. The predicted octanol–water partition coefficient (Wildman–Crippen LogP) is 2.97. The molecular weight excluding hydrogens is 390 g/mol. The Hall–Kier alpha value is -3.26. The van der Waals surface area contributed by atoms with Crippen molar-refractivity contribution in [3.8, 4) is 0 Å². The van der Waals surface area contributed by atoms with Gasteiger partial charge in [-0.25, -0.2) is 4.98 Å². The molecule has 31 heavy (non-hydrogen) atoms. The Morgan fingerprint density at radius 2 is 1.97 bits per heavy atom. The molecule has 0 saturated heterocycles. The van der Waals surface area contributed by atoms with Gasteiger partial charge in [0.2, 0.25) is 5.95 Å². The normalized spacial score (nSPS) is 13.4. The van der Waals surface area contributed by atoms with E-state index in [4.69, 9.17) is 4.98 Å². The van der Waals surface area contributed by atoms with Crippen LogP contribution in [0, 0.1) is 0 Å². The molecule has 4 rings (SSSR count). The van der Waals surface area contributed by atoms with Crippen molar-refractivity contribution in [2.45, 2.75) is 33.0 Å². The third-order valence-electron chi connectivity index (χ3n) is 5.37. The molecule has 0 unspecified atom stereocenters. The van der Waals surface area contributed by atoms with Crippen LogP contribution in [0.1, 0.15) is 35.5 Å². The number of amides is 1. The Balaban J connectivity index is 1.59. The maximum Gasteiger partial charge on any atom is 0.273 e. The summed E-state index contributed by atoms with van der Waals surface area (Å²) < 4.78 is 0. The third kappa shape index (κ3) is 4.59. The summed E-state index contributed by atoms with van der Waals surface area (Å²) in [4.78, 5) is 30.6. The Labute approximate surface area is 182 Å². The van der Waals surface area contributed by atoms with E-state index in [1.165, 1.54) is 0 Å². The van der Waals surface area contributed by atoms with Crippen LogP contribution in [-0.2, 0) is 13.1 Å². The number of aromatic nitrogens is 3. The minimum absolute atomic E-state index is 0.0431. The third-order valence-corrected chi connectivity index (χ3v) is 5.37. The highest BCUT2D eigenvalue weighted by Crippen LogP contribution is 2.30. The van der Waals surface area contributed by atoms with Gasteiger partial charge in [-0.05, 0) is 45.6 Å². The van der Waals surface area contributed by atoms with E-state index < -0.39 is 0 Å². The number of carbonyl (C=O) groups is 1. The molecule has 162 valence electrons. The van der Waals surface area contributed by atoms with E-state index >= 15 is 0 Å². The van der Waals surface area contributed by atoms with Crippen LogP contribution in [0.3, 0.4) is 0 Å². The summed E-state index contributed by atoms with van der Waals surface area (Å²) in [6, 6.07) is 10.3. The minimum atomic E-state index is -0.0431. The second-order valence-electron chi connectivity index (χ2n) is 8.37. The summed E-state index contributed by atoms with van der Waals surface area (Å²) in [5, 5.41) is 7.77. The van der Waals surface area contributed by atoms with Crippen LogP contribution in [0.25, 0.3) is 10.9 Å². The van der Waals surface area contributed by atoms with E-state index in [9.17, 15) is 4.79 Å². The number of nitrogens with zero attached hydrogens (tertiary/aromatic N) is 5. The maximum absolute atomic E-state index is 12.9. The number of hydrogen-bond acceptors (Lipinski definition) is 7. The van der Waals surface area contributed by atoms with Crippen LogP contribution < -0.4 is 10.6 Å². The molecular formula is C23H29N7O. The molecule has 0 atom stereocenters. The van der Waals surface area contributed by atoms with Crippen molar-refractivity contribution in [1.82, 2.24) is 24.8 Å². The fourth-order valence-corrected chi connectivity index (χ4v) is 3.62. The fraction of sp³-hybridized carbons (Fsp3) is 0.391. The van der Waals surface area contributed by atoms with Gasteiger partial charge in [-0.2, -0.15) is 4.98 Å². The SMILES string of the molecule is CC(C)N1Cc2c(NCc3cnc4ccccc4c3)nc(NCCN(C)C)nc2C1=O. The molecule has 0 aliphatic carbocycles. The molecule has 0 radical (unpaired) electrons. The van der Waals surface area contributed by atoms with Crippen LogP contribution in [0.15, 0.2) is 36.5 Å². The van der Waals surface area contributed by atoms with E-state index in [0.717, 1.165) is 28.6 Å². The molecule has 2 N–H and O–H groups in total. The lowest BCUT2D eigenvalue weighted by molar-refractivity contribution is 0.0726. The number of pyridine rings is 1. The van der Waals surface area contributed by atoms with Crippen molar-refractivity contribution >= 4 is 28.6 Å². The van der Waals surface area contributed by atoms with Crippen LogP contribution >= 0.6 is 0 Å². The Bertz CT molecular complexity index is 1100. The summed E-state index contributed by atoms with van der Waals surface area (Å²) in [5.74, 6) is 1.12. The molecule has 0 saturated carbocycles. The van der Waals surface area contributed by atoms with Gasteiger partial charge in [-0.1, -0.05) is 18.2 Å². The van der Waals surface area contributed by atoms with Gasteiger partial charge in [-0.3, -0.25) is 9.78 Å². The number of anilines is 2. The zero-order valence-electron chi connectivity index (χ0n) is 18.5. The smallest absolute Gasteiger partial charge is 0.273 e. The summed E-state index contributed by atoms with van der Waals surface area (Å²) >= 11 is 0. The van der Waals surface area contributed by atoms with Gasteiger partial charge in [-0.15, -0.1) is 0 Å². The molecule has 3 heterocycles. The average Bonchev–Trinajstić information content (AvgIpc) is 3.08. The lowest BCUT2D eigenvalue weighted by Crippen LogP contribution is -2.31. The molecule has 1 aromatic carbocycles. The number of rotatable bonds is 8. The number of carbonyl (C=O) groups excluding carboxylic acids is 1. The van der Waals surface area contributed by atoms with Gasteiger partial charge in [0.1, 0.15) is 11.5 Å². The maximum atomic E-state index is 12.9. The van der Waals surface area contributed by atoms with E-state index in [2.05, 4.69) is 37.6 Å². The van der Waals surface area contributed by atoms with Gasteiger partial charge in [0.25, 0.3) is 5.91 Å². The van der Waals surface area contributed by atoms with Crippen molar-refractivity contribution in [3.63, 3.8) is 0 Å².